The molecule has 2 heteroatoms. The van der Waals surface area contributed by atoms with Crippen LogP contribution < -0.4 is 5.32 Å². The average Bonchev–Trinajstić information content (AvgIpc) is 2.16. The largest absolute Gasteiger partial charge is 0.319 e. The summed E-state index contributed by atoms with van der Waals surface area (Å²) in [6.45, 7) is 5.26. The minimum absolute atomic E-state index is 0.595. The zero-order chi connectivity index (χ0) is 9.68. The summed E-state index contributed by atoms with van der Waals surface area (Å²) in [4.78, 5) is 4.30. The van der Waals surface area contributed by atoms with Crippen LogP contribution in [0.4, 0.5) is 0 Å². The molecule has 0 saturated heterocycles. The molecule has 0 aliphatic rings. The van der Waals surface area contributed by atoms with Crippen LogP contribution in [0.2, 0.25) is 0 Å². The molecule has 72 valence electrons. The molecule has 0 fully saturated rings. The van der Waals surface area contributed by atoms with Gasteiger partial charge in [-0.05, 0) is 37.9 Å². The highest BCUT2D eigenvalue weighted by molar-refractivity contribution is 5.17. The van der Waals surface area contributed by atoms with Gasteiger partial charge in [0.15, 0.2) is 0 Å². The molecule has 1 N–H and O–H groups in total. The van der Waals surface area contributed by atoms with E-state index in [4.69, 9.17) is 0 Å². The van der Waals surface area contributed by atoms with Gasteiger partial charge in [0.2, 0.25) is 0 Å². The van der Waals surface area contributed by atoms with Gasteiger partial charge in [0.05, 0.1) is 0 Å². The quantitative estimate of drug-likeness (QED) is 0.763. The SMILES string of the molecule is CCC(CNC)c1ccc(C)nc1. The van der Waals surface area contributed by atoms with Crippen molar-refractivity contribution in [2.75, 3.05) is 13.6 Å². The topological polar surface area (TPSA) is 24.9 Å². The fourth-order valence-electron chi connectivity index (χ4n) is 1.47. The number of likely N-dealkylation sites (N-methyl/N-ethyl adjacent to an activating group) is 1. The Balaban J connectivity index is 2.73. The maximum absolute atomic E-state index is 4.30. The first-order chi connectivity index (χ1) is 6.27. The van der Waals surface area contributed by atoms with E-state index in [0.29, 0.717) is 5.92 Å². The normalized spacial score (nSPS) is 12.8. The van der Waals surface area contributed by atoms with Crippen molar-refractivity contribution in [1.29, 1.82) is 0 Å². The number of aryl methyl sites for hydroxylation is 1. The van der Waals surface area contributed by atoms with Crippen LogP contribution in [0.3, 0.4) is 0 Å². The Morgan fingerprint density at radius 1 is 1.46 bits per heavy atom. The first-order valence-corrected chi connectivity index (χ1v) is 4.85. The number of hydrogen-bond acceptors (Lipinski definition) is 2. The Hall–Kier alpha value is -0.890. The van der Waals surface area contributed by atoms with Crippen molar-refractivity contribution < 1.29 is 0 Å². The van der Waals surface area contributed by atoms with E-state index in [1.165, 1.54) is 5.56 Å². The van der Waals surface area contributed by atoms with Gasteiger partial charge < -0.3 is 5.32 Å². The molecule has 1 heterocycles. The zero-order valence-electron chi connectivity index (χ0n) is 8.67. The first kappa shape index (κ1) is 10.2. The van der Waals surface area contributed by atoms with E-state index in [0.717, 1.165) is 18.7 Å². The van der Waals surface area contributed by atoms with Crippen molar-refractivity contribution in [2.24, 2.45) is 0 Å². The van der Waals surface area contributed by atoms with Gasteiger partial charge in [-0.15, -0.1) is 0 Å². The third-order valence-corrected chi connectivity index (χ3v) is 2.35. The molecule has 1 unspecified atom stereocenters. The summed E-state index contributed by atoms with van der Waals surface area (Å²) in [5.74, 6) is 0.595. The van der Waals surface area contributed by atoms with E-state index < -0.39 is 0 Å². The number of hydrogen-bond donors (Lipinski definition) is 1. The lowest BCUT2D eigenvalue weighted by molar-refractivity contribution is 0.609. The molecule has 0 aliphatic carbocycles. The molecule has 0 spiro atoms. The Bertz CT molecular complexity index is 241. The highest BCUT2D eigenvalue weighted by atomic mass is 14.8. The van der Waals surface area contributed by atoms with Gasteiger partial charge in [0.1, 0.15) is 0 Å². The van der Waals surface area contributed by atoms with Crippen LogP contribution in [-0.4, -0.2) is 18.6 Å². The molecule has 1 aromatic rings. The lowest BCUT2D eigenvalue weighted by atomic mass is 9.98. The van der Waals surface area contributed by atoms with Gasteiger partial charge in [-0.25, -0.2) is 0 Å². The van der Waals surface area contributed by atoms with Crippen molar-refractivity contribution in [3.8, 4) is 0 Å². The zero-order valence-corrected chi connectivity index (χ0v) is 8.67. The number of pyridine rings is 1. The summed E-state index contributed by atoms with van der Waals surface area (Å²) >= 11 is 0. The minimum Gasteiger partial charge on any atom is -0.319 e. The Kier molecular flexibility index (Phi) is 3.90. The molecule has 0 bridgehead atoms. The highest BCUT2D eigenvalue weighted by Crippen LogP contribution is 2.17. The molecule has 2 nitrogen and oxygen atoms in total. The molecule has 0 aromatic carbocycles. The standard InChI is InChI=1S/C11H18N2/c1-4-10(7-12-3)11-6-5-9(2)13-8-11/h5-6,8,10,12H,4,7H2,1-3H3. The van der Waals surface area contributed by atoms with Crippen LogP contribution in [0.5, 0.6) is 0 Å². The third kappa shape index (κ3) is 2.81. The van der Waals surface area contributed by atoms with Gasteiger partial charge in [-0.2, -0.15) is 0 Å². The second-order valence-electron chi connectivity index (χ2n) is 3.40. The van der Waals surface area contributed by atoms with Crippen LogP contribution in [-0.2, 0) is 0 Å². The smallest absolute Gasteiger partial charge is 0.0372 e. The molecule has 0 radical (unpaired) electrons. The molecule has 0 aliphatic heterocycles. The number of rotatable bonds is 4. The van der Waals surface area contributed by atoms with Crippen molar-refractivity contribution in [2.45, 2.75) is 26.2 Å². The summed E-state index contributed by atoms with van der Waals surface area (Å²) in [7, 11) is 1.99. The van der Waals surface area contributed by atoms with Crippen molar-refractivity contribution >= 4 is 0 Å². The van der Waals surface area contributed by atoms with Crippen LogP contribution in [0.1, 0.15) is 30.5 Å². The Labute approximate surface area is 80.4 Å². The van der Waals surface area contributed by atoms with Crippen molar-refractivity contribution in [3.63, 3.8) is 0 Å². The number of aromatic nitrogens is 1. The van der Waals surface area contributed by atoms with Gasteiger partial charge in [0, 0.05) is 18.4 Å². The van der Waals surface area contributed by atoms with Gasteiger partial charge in [-0.1, -0.05) is 13.0 Å². The summed E-state index contributed by atoms with van der Waals surface area (Å²) in [6, 6.07) is 4.25. The molecule has 1 atom stereocenters. The number of nitrogens with one attached hydrogen (secondary N) is 1. The maximum Gasteiger partial charge on any atom is 0.0372 e. The molecular formula is C11H18N2. The Morgan fingerprint density at radius 2 is 2.23 bits per heavy atom. The lowest BCUT2D eigenvalue weighted by Gasteiger charge is -2.14. The monoisotopic (exact) mass is 178 g/mol. The average molecular weight is 178 g/mol. The van der Waals surface area contributed by atoms with E-state index in [1.54, 1.807) is 0 Å². The molecule has 1 rings (SSSR count). The van der Waals surface area contributed by atoms with Crippen LogP contribution >= 0.6 is 0 Å². The van der Waals surface area contributed by atoms with E-state index in [9.17, 15) is 0 Å². The lowest BCUT2D eigenvalue weighted by Crippen LogP contribution is -2.16. The summed E-state index contributed by atoms with van der Waals surface area (Å²) in [6.07, 6.45) is 3.15. The predicted octanol–water partition coefficient (Wildman–Crippen LogP) is 2.10. The summed E-state index contributed by atoms with van der Waals surface area (Å²) in [5, 5.41) is 3.20. The van der Waals surface area contributed by atoms with Crippen molar-refractivity contribution in [3.05, 3.63) is 29.6 Å². The molecule has 13 heavy (non-hydrogen) atoms. The molecular weight excluding hydrogens is 160 g/mol. The van der Waals surface area contributed by atoms with Gasteiger partial charge in [-0.3, -0.25) is 4.98 Å². The van der Waals surface area contributed by atoms with E-state index in [-0.39, 0.29) is 0 Å². The van der Waals surface area contributed by atoms with Gasteiger partial charge in [0.25, 0.3) is 0 Å². The molecule has 0 saturated carbocycles. The van der Waals surface area contributed by atoms with E-state index in [2.05, 4.69) is 29.4 Å². The summed E-state index contributed by atoms with van der Waals surface area (Å²) < 4.78 is 0. The maximum atomic E-state index is 4.30. The fraction of sp³-hybridized carbons (Fsp3) is 0.545. The fourth-order valence-corrected chi connectivity index (χ4v) is 1.47. The molecule has 1 aromatic heterocycles. The highest BCUT2D eigenvalue weighted by Gasteiger charge is 2.07. The first-order valence-electron chi connectivity index (χ1n) is 4.85. The second-order valence-corrected chi connectivity index (χ2v) is 3.40. The molecule has 0 amide bonds. The Morgan fingerprint density at radius 3 is 2.69 bits per heavy atom. The van der Waals surface area contributed by atoms with E-state index >= 15 is 0 Å². The van der Waals surface area contributed by atoms with E-state index in [1.807, 2.05) is 20.2 Å². The minimum atomic E-state index is 0.595. The predicted molar refractivity (Wildman–Crippen MR) is 55.9 cm³/mol. The second kappa shape index (κ2) is 4.97. The third-order valence-electron chi connectivity index (χ3n) is 2.35. The van der Waals surface area contributed by atoms with Crippen molar-refractivity contribution in [1.82, 2.24) is 10.3 Å². The van der Waals surface area contributed by atoms with Crippen LogP contribution in [0, 0.1) is 6.92 Å². The van der Waals surface area contributed by atoms with Gasteiger partial charge >= 0.3 is 0 Å². The van der Waals surface area contributed by atoms with Crippen LogP contribution in [0.25, 0.3) is 0 Å². The summed E-state index contributed by atoms with van der Waals surface area (Å²) in [5.41, 5.74) is 2.42. The van der Waals surface area contributed by atoms with Crippen LogP contribution in [0.15, 0.2) is 18.3 Å². The number of nitrogens with zero attached hydrogens (tertiary/aromatic N) is 1.